The topological polar surface area (TPSA) is 51.2 Å². The maximum atomic E-state index is 11.1. The van der Waals surface area contributed by atoms with Gasteiger partial charge in [0.2, 0.25) is 0 Å². The van der Waals surface area contributed by atoms with E-state index in [9.17, 15) is 13.2 Å². The SMILES string of the molecule is C[C@@H](C=O)c1ccc(S(C)(=O)=O)cc1. The highest BCUT2D eigenvalue weighted by atomic mass is 32.2. The van der Waals surface area contributed by atoms with Crippen molar-refractivity contribution in [3.05, 3.63) is 29.8 Å². The van der Waals surface area contributed by atoms with E-state index < -0.39 is 9.84 Å². The molecule has 1 rings (SSSR count). The Morgan fingerprint density at radius 3 is 2.07 bits per heavy atom. The predicted molar refractivity (Wildman–Crippen MR) is 54.0 cm³/mol. The lowest BCUT2D eigenvalue weighted by atomic mass is 10.0. The highest BCUT2D eigenvalue weighted by Gasteiger charge is 2.08. The van der Waals surface area contributed by atoms with Gasteiger partial charge in [-0.05, 0) is 17.7 Å². The van der Waals surface area contributed by atoms with Crippen LogP contribution in [0.1, 0.15) is 18.4 Å². The van der Waals surface area contributed by atoms with Crippen molar-refractivity contribution in [2.75, 3.05) is 6.26 Å². The summed E-state index contributed by atoms with van der Waals surface area (Å²) in [6, 6.07) is 6.36. The average molecular weight is 212 g/mol. The number of aldehydes is 1. The van der Waals surface area contributed by atoms with Gasteiger partial charge in [0, 0.05) is 12.2 Å². The first-order valence-corrected chi connectivity index (χ1v) is 6.09. The van der Waals surface area contributed by atoms with Crippen molar-refractivity contribution in [3.63, 3.8) is 0 Å². The minimum absolute atomic E-state index is 0.191. The van der Waals surface area contributed by atoms with Crippen molar-refractivity contribution in [2.24, 2.45) is 0 Å². The summed E-state index contributed by atoms with van der Waals surface area (Å²) < 4.78 is 22.2. The highest BCUT2D eigenvalue weighted by molar-refractivity contribution is 7.90. The molecule has 0 N–H and O–H groups in total. The molecule has 3 nitrogen and oxygen atoms in total. The minimum Gasteiger partial charge on any atom is -0.303 e. The Morgan fingerprint density at radius 1 is 1.21 bits per heavy atom. The second kappa shape index (κ2) is 3.92. The summed E-state index contributed by atoms with van der Waals surface area (Å²) in [4.78, 5) is 10.7. The van der Waals surface area contributed by atoms with Crippen LogP contribution in [0.2, 0.25) is 0 Å². The maximum Gasteiger partial charge on any atom is 0.175 e. The summed E-state index contributed by atoms with van der Waals surface area (Å²) in [7, 11) is -3.14. The zero-order valence-corrected chi connectivity index (χ0v) is 8.91. The number of carbonyl (C=O) groups excluding carboxylic acids is 1. The van der Waals surface area contributed by atoms with Gasteiger partial charge in [0.25, 0.3) is 0 Å². The molecule has 0 spiro atoms. The minimum atomic E-state index is -3.14. The fourth-order valence-electron chi connectivity index (χ4n) is 1.10. The molecule has 14 heavy (non-hydrogen) atoms. The monoisotopic (exact) mass is 212 g/mol. The number of sulfone groups is 1. The van der Waals surface area contributed by atoms with Gasteiger partial charge in [-0.1, -0.05) is 19.1 Å². The van der Waals surface area contributed by atoms with Crippen LogP contribution in [0.3, 0.4) is 0 Å². The van der Waals surface area contributed by atoms with E-state index in [1.54, 1.807) is 19.1 Å². The van der Waals surface area contributed by atoms with Crippen LogP contribution < -0.4 is 0 Å². The van der Waals surface area contributed by atoms with Crippen LogP contribution in [0.4, 0.5) is 0 Å². The Bertz CT molecular complexity index is 417. The van der Waals surface area contributed by atoms with E-state index in [-0.39, 0.29) is 10.8 Å². The first-order chi connectivity index (χ1) is 6.45. The first-order valence-electron chi connectivity index (χ1n) is 4.20. The highest BCUT2D eigenvalue weighted by Crippen LogP contribution is 2.16. The third kappa shape index (κ3) is 2.42. The van der Waals surface area contributed by atoms with Crippen molar-refractivity contribution < 1.29 is 13.2 Å². The summed E-state index contributed by atoms with van der Waals surface area (Å²) >= 11 is 0. The molecule has 0 radical (unpaired) electrons. The predicted octanol–water partition coefficient (Wildman–Crippen LogP) is 1.39. The van der Waals surface area contributed by atoms with E-state index in [4.69, 9.17) is 0 Å². The summed E-state index contributed by atoms with van der Waals surface area (Å²) in [5.74, 6) is -0.191. The number of benzene rings is 1. The molecular weight excluding hydrogens is 200 g/mol. The molecule has 0 aliphatic heterocycles. The quantitative estimate of drug-likeness (QED) is 0.711. The molecule has 0 aliphatic rings. The number of hydrogen-bond donors (Lipinski definition) is 0. The van der Waals surface area contributed by atoms with Crippen molar-refractivity contribution >= 4 is 16.1 Å². The Kier molecular flexibility index (Phi) is 3.06. The molecule has 0 saturated heterocycles. The van der Waals surface area contributed by atoms with E-state index in [1.165, 1.54) is 12.1 Å². The van der Waals surface area contributed by atoms with Gasteiger partial charge >= 0.3 is 0 Å². The molecule has 0 unspecified atom stereocenters. The second-order valence-electron chi connectivity index (χ2n) is 3.27. The lowest BCUT2D eigenvalue weighted by Crippen LogP contribution is -1.99. The molecule has 1 aromatic carbocycles. The fraction of sp³-hybridized carbons (Fsp3) is 0.300. The Balaban J connectivity index is 3.07. The summed E-state index contributed by atoms with van der Waals surface area (Å²) in [6.45, 7) is 1.77. The molecule has 0 bridgehead atoms. The molecule has 1 aromatic rings. The third-order valence-electron chi connectivity index (χ3n) is 2.04. The smallest absolute Gasteiger partial charge is 0.175 e. The number of hydrogen-bond acceptors (Lipinski definition) is 3. The van der Waals surface area contributed by atoms with Crippen LogP contribution in [-0.2, 0) is 14.6 Å². The molecule has 0 saturated carbocycles. The van der Waals surface area contributed by atoms with E-state index in [1.807, 2.05) is 0 Å². The molecule has 1 atom stereocenters. The van der Waals surface area contributed by atoms with E-state index in [2.05, 4.69) is 0 Å². The molecule has 0 fully saturated rings. The van der Waals surface area contributed by atoms with Crippen LogP contribution >= 0.6 is 0 Å². The standard InChI is InChI=1S/C10H12O3S/c1-8(7-11)9-3-5-10(6-4-9)14(2,12)13/h3-8H,1-2H3/t8-/m0/s1. The van der Waals surface area contributed by atoms with E-state index >= 15 is 0 Å². The molecular formula is C10H12O3S. The normalized spacial score (nSPS) is 13.6. The van der Waals surface area contributed by atoms with E-state index in [0.29, 0.717) is 0 Å². The third-order valence-corrected chi connectivity index (χ3v) is 3.17. The Hall–Kier alpha value is -1.16. The van der Waals surface area contributed by atoms with Crippen LogP contribution in [0.5, 0.6) is 0 Å². The van der Waals surface area contributed by atoms with Crippen LogP contribution in [0.15, 0.2) is 29.2 Å². The lowest BCUT2D eigenvalue weighted by molar-refractivity contribution is -0.108. The van der Waals surface area contributed by atoms with Crippen LogP contribution in [-0.4, -0.2) is 21.0 Å². The summed E-state index contributed by atoms with van der Waals surface area (Å²) in [5.41, 5.74) is 0.826. The van der Waals surface area contributed by atoms with Crippen molar-refractivity contribution in [1.29, 1.82) is 0 Å². The number of carbonyl (C=O) groups is 1. The van der Waals surface area contributed by atoms with Gasteiger partial charge in [-0.15, -0.1) is 0 Å². The van der Waals surface area contributed by atoms with E-state index in [0.717, 1.165) is 18.1 Å². The Labute approximate surface area is 83.7 Å². The lowest BCUT2D eigenvalue weighted by Gasteiger charge is -2.04. The van der Waals surface area contributed by atoms with Crippen molar-refractivity contribution in [1.82, 2.24) is 0 Å². The van der Waals surface area contributed by atoms with Crippen molar-refractivity contribution in [2.45, 2.75) is 17.7 Å². The number of rotatable bonds is 3. The fourth-order valence-corrected chi connectivity index (χ4v) is 1.73. The average Bonchev–Trinajstić information content (AvgIpc) is 2.15. The summed E-state index contributed by atoms with van der Waals surface area (Å²) in [6.07, 6.45) is 1.99. The molecule has 4 heteroatoms. The summed E-state index contributed by atoms with van der Waals surface area (Å²) in [5, 5.41) is 0. The van der Waals surface area contributed by atoms with Gasteiger partial charge in [0.1, 0.15) is 6.29 Å². The van der Waals surface area contributed by atoms with Gasteiger partial charge in [-0.25, -0.2) is 8.42 Å². The maximum absolute atomic E-state index is 11.1. The zero-order chi connectivity index (χ0) is 10.8. The second-order valence-corrected chi connectivity index (χ2v) is 5.28. The van der Waals surface area contributed by atoms with Crippen LogP contribution in [0, 0.1) is 0 Å². The van der Waals surface area contributed by atoms with Gasteiger partial charge in [0.15, 0.2) is 9.84 Å². The first kappa shape index (κ1) is 10.9. The molecule has 0 heterocycles. The molecule has 0 aromatic heterocycles. The molecule has 76 valence electrons. The van der Waals surface area contributed by atoms with Gasteiger partial charge in [-0.2, -0.15) is 0 Å². The van der Waals surface area contributed by atoms with Crippen molar-refractivity contribution in [3.8, 4) is 0 Å². The molecule has 0 amide bonds. The van der Waals surface area contributed by atoms with Gasteiger partial charge in [-0.3, -0.25) is 0 Å². The largest absolute Gasteiger partial charge is 0.303 e. The molecule has 0 aliphatic carbocycles. The Morgan fingerprint density at radius 2 is 1.71 bits per heavy atom. The van der Waals surface area contributed by atoms with Gasteiger partial charge < -0.3 is 4.79 Å². The van der Waals surface area contributed by atoms with Crippen LogP contribution in [0.25, 0.3) is 0 Å². The van der Waals surface area contributed by atoms with Gasteiger partial charge in [0.05, 0.1) is 4.90 Å². The zero-order valence-electron chi connectivity index (χ0n) is 8.10.